The minimum absolute atomic E-state index is 0.0848. The Morgan fingerprint density at radius 2 is 1.86 bits per heavy atom. The van der Waals surface area contributed by atoms with Gasteiger partial charge in [-0.15, -0.1) is 11.3 Å². The first-order chi connectivity index (χ1) is 10.6. The second-order valence-electron chi connectivity index (χ2n) is 4.47. The number of halogens is 2. The van der Waals surface area contributed by atoms with Crippen molar-refractivity contribution < 1.29 is 13.6 Å². The molecule has 3 rings (SSSR count). The molecule has 1 heterocycles. The Morgan fingerprint density at radius 1 is 1.09 bits per heavy atom. The molecule has 0 fully saturated rings. The molecule has 0 aliphatic heterocycles. The molecule has 0 saturated carbocycles. The molecule has 0 aliphatic carbocycles. The predicted octanol–water partition coefficient (Wildman–Crippen LogP) is 4.34. The summed E-state index contributed by atoms with van der Waals surface area (Å²) in [7, 11) is 0. The van der Waals surface area contributed by atoms with E-state index >= 15 is 0 Å². The van der Waals surface area contributed by atoms with Crippen molar-refractivity contribution in [2.45, 2.75) is 0 Å². The van der Waals surface area contributed by atoms with Gasteiger partial charge in [-0.1, -0.05) is 30.3 Å². The van der Waals surface area contributed by atoms with Crippen molar-refractivity contribution in [2.24, 2.45) is 0 Å². The maximum atomic E-state index is 13.6. The third-order valence-electron chi connectivity index (χ3n) is 3.00. The Balaban J connectivity index is 1.89. The summed E-state index contributed by atoms with van der Waals surface area (Å²) in [5, 5.41) is 2.41. The number of amides is 1. The first-order valence-electron chi connectivity index (χ1n) is 6.40. The zero-order valence-corrected chi connectivity index (χ0v) is 12.0. The molecule has 1 amide bonds. The Kier molecular flexibility index (Phi) is 3.93. The molecule has 0 aliphatic rings. The summed E-state index contributed by atoms with van der Waals surface area (Å²) in [6.45, 7) is 0. The van der Waals surface area contributed by atoms with Crippen LogP contribution in [0, 0.1) is 11.6 Å². The summed E-state index contributed by atoms with van der Waals surface area (Å²) in [6, 6.07) is 12.3. The Morgan fingerprint density at radius 3 is 2.59 bits per heavy atom. The van der Waals surface area contributed by atoms with Gasteiger partial charge in [0.2, 0.25) is 0 Å². The average Bonchev–Trinajstić information content (AvgIpc) is 3.00. The molecule has 2 aromatic carbocycles. The van der Waals surface area contributed by atoms with Gasteiger partial charge >= 0.3 is 0 Å². The van der Waals surface area contributed by atoms with E-state index in [1.165, 1.54) is 17.4 Å². The number of rotatable bonds is 3. The minimum Gasteiger partial charge on any atom is -0.318 e. The zero-order chi connectivity index (χ0) is 15.5. The van der Waals surface area contributed by atoms with Gasteiger partial charge in [-0.3, -0.25) is 4.79 Å². The summed E-state index contributed by atoms with van der Waals surface area (Å²) in [5.74, 6) is -2.07. The van der Waals surface area contributed by atoms with Crippen LogP contribution in [0.5, 0.6) is 0 Å². The number of anilines is 1. The highest BCUT2D eigenvalue weighted by atomic mass is 32.1. The lowest BCUT2D eigenvalue weighted by Gasteiger charge is -2.06. The molecule has 0 saturated heterocycles. The monoisotopic (exact) mass is 316 g/mol. The van der Waals surface area contributed by atoms with Gasteiger partial charge in [-0.05, 0) is 17.7 Å². The van der Waals surface area contributed by atoms with Crippen LogP contribution in [0.25, 0.3) is 10.4 Å². The number of aromatic nitrogens is 1. The standard InChI is InChI=1S/C16H10F2N2OS/c17-11-6-7-13(12(18)8-11)20-16(21)14-15(22-9-19-14)10-4-2-1-3-5-10/h1-9H,(H,20,21). The third kappa shape index (κ3) is 2.87. The quantitative estimate of drug-likeness (QED) is 0.781. The van der Waals surface area contributed by atoms with Gasteiger partial charge in [0.25, 0.3) is 5.91 Å². The summed E-state index contributed by atoms with van der Waals surface area (Å²) in [6.07, 6.45) is 0. The molecule has 0 bridgehead atoms. The smallest absolute Gasteiger partial charge is 0.275 e. The van der Waals surface area contributed by atoms with Crippen molar-refractivity contribution in [1.29, 1.82) is 0 Å². The maximum Gasteiger partial charge on any atom is 0.275 e. The lowest BCUT2D eigenvalue weighted by Crippen LogP contribution is -2.14. The molecule has 22 heavy (non-hydrogen) atoms. The van der Waals surface area contributed by atoms with Crippen LogP contribution in [0.4, 0.5) is 14.5 Å². The summed E-state index contributed by atoms with van der Waals surface area (Å²) in [5.41, 5.74) is 2.53. The predicted molar refractivity (Wildman–Crippen MR) is 81.9 cm³/mol. The van der Waals surface area contributed by atoms with Gasteiger partial charge in [0.15, 0.2) is 0 Å². The van der Waals surface area contributed by atoms with Gasteiger partial charge in [0.1, 0.15) is 17.3 Å². The fourth-order valence-corrected chi connectivity index (χ4v) is 2.77. The molecule has 6 heteroatoms. The molecular weight excluding hydrogens is 306 g/mol. The topological polar surface area (TPSA) is 42.0 Å². The van der Waals surface area contributed by atoms with Crippen LogP contribution in [0.3, 0.4) is 0 Å². The van der Waals surface area contributed by atoms with Gasteiger partial charge < -0.3 is 5.32 Å². The van der Waals surface area contributed by atoms with E-state index in [0.29, 0.717) is 4.88 Å². The number of nitrogens with one attached hydrogen (secondary N) is 1. The van der Waals surface area contributed by atoms with Crippen molar-refractivity contribution in [1.82, 2.24) is 4.98 Å². The van der Waals surface area contributed by atoms with Crippen molar-refractivity contribution in [2.75, 3.05) is 5.32 Å². The Bertz CT molecular complexity index is 818. The molecule has 110 valence electrons. The highest BCUT2D eigenvalue weighted by Crippen LogP contribution is 2.28. The molecule has 1 aromatic heterocycles. The average molecular weight is 316 g/mol. The summed E-state index contributed by atoms with van der Waals surface area (Å²) < 4.78 is 26.5. The normalized spacial score (nSPS) is 10.5. The summed E-state index contributed by atoms with van der Waals surface area (Å²) >= 11 is 1.32. The number of hydrogen-bond donors (Lipinski definition) is 1. The number of carbonyl (C=O) groups is 1. The first-order valence-corrected chi connectivity index (χ1v) is 7.28. The van der Waals surface area contributed by atoms with Gasteiger partial charge in [0, 0.05) is 6.07 Å². The number of nitrogens with zero attached hydrogens (tertiary/aromatic N) is 1. The highest BCUT2D eigenvalue weighted by molar-refractivity contribution is 7.13. The maximum absolute atomic E-state index is 13.6. The molecule has 3 aromatic rings. The molecule has 1 N–H and O–H groups in total. The number of benzene rings is 2. The van der Waals surface area contributed by atoms with E-state index in [-0.39, 0.29) is 11.4 Å². The lowest BCUT2D eigenvalue weighted by atomic mass is 10.1. The van der Waals surface area contributed by atoms with Crippen LogP contribution in [-0.2, 0) is 0 Å². The number of carbonyl (C=O) groups excluding carboxylic acids is 1. The SMILES string of the molecule is O=C(Nc1ccc(F)cc1F)c1ncsc1-c1ccccc1. The van der Waals surface area contributed by atoms with Crippen LogP contribution in [0.1, 0.15) is 10.5 Å². The van der Waals surface area contributed by atoms with Crippen molar-refractivity contribution >= 4 is 22.9 Å². The van der Waals surface area contributed by atoms with E-state index in [0.717, 1.165) is 17.7 Å². The molecule has 0 spiro atoms. The van der Waals surface area contributed by atoms with Crippen molar-refractivity contribution in [3.63, 3.8) is 0 Å². The number of thiazole rings is 1. The second-order valence-corrected chi connectivity index (χ2v) is 5.33. The van der Waals surface area contributed by atoms with Crippen LogP contribution in [-0.4, -0.2) is 10.9 Å². The fraction of sp³-hybridized carbons (Fsp3) is 0. The highest BCUT2D eigenvalue weighted by Gasteiger charge is 2.17. The molecule has 0 atom stereocenters. The van der Waals surface area contributed by atoms with Gasteiger partial charge in [-0.2, -0.15) is 0 Å². The van der Waals surface area contributed by atoms with Crippen LogP contribution < -0.4 is 5.32 Å². The molecule has 0 radical (unpaired) electrons. The molecule has 3 nitrogen and oxygen atoms in total. The third-order valence-corrected chi connectivity index (χ3v) is 3.87. The largest absolute Gasteiger partial charge is 0.318 e. The second kappa shape index (κ2) is 6.03. The van der Waals surface area contributed by atoms with Crippen LogP contribution in [0.2, 0.25) is 0 Å². The molecular formula is C16H10F2N2OS. The van der Waals surface area contributed by atoms with Gasteiger partial charge in [0.05, 0.1) is 16.1 Å². The Labute approximate surface area is 129 Å². The van der Waals surface area contributed by atoms with Crippen LogP contribution >= 0.6 is 11.3 Å². The lowest BCUT2D eigenvalue weighted by molar-refractivity contribution is 0.102. The fourth-order valence-electron chi connectivity index (χ4n) is 1.97. The van der Waals surface area contributed by atoms with E-state index in [2.05, 4.69) is 10.3 Å². The van der Waals surface area contributed by atoms with Crippen molar-refractivity contribution in [3.05, 3.63) is 71.4 Å². The van der Waals surface area contributed by atoms with E-state index in [1.54, 1.807) is 5.51 Å². The van der Waals surface area contributed by atoms with Gasteiger partial charge in [-0.25, -0.2) is 13.8 Å². The minimum atomic E-state index is -0.829. The number of hydrogen-bond acceptors (Lipinski definition) is 3. The van der Waals surface area contributed by atoms with E-state index < -0.39 is 17.5 Å². The van der Waals surface area contributed by atoms with E-state index in [4.69, 9.17) is 0 Å². The Hall–Kier alpha value is -2.60. The van der Waals surface area contributed by atoms with E-state index in [1.807, 2.05) is 30.3 Å². The first kappa shape index (κ1) is 14.3. The van der Waals surface area contributed by atoms with E-state index in [9.17, 15) is 13.6 Å². The summed E-state index contributed by atoms with van der Waals surface area (Å²) in [4.78, 5) is 17.0. The van der Waals surface area contributed by atoms with Crippen LogP contribution in [0.15, 0.2) is 54.0 Å². The van der Waals surface area contributed by atoms with Crippen molar-refractivity contribution in [3.8, 4) is 10.4 Å². The zero-order valence-electron chi connectivity index (χ0n) is 11.2. The molecule has 0 unspecified atom stereocenters.